The first kappa shape index (κ1) is 15.5. The summed E-state index contributed by atoms with van der Waals surface area (Å²) >= 11 is 6.39. The SMILES string of the molecule is O=C1CCC2C(=O)C3C(=C(Cl)c4cccc(O)c4C3O)C(=O)C2C1. The molecule has 2 N–H and O–H groups in total. The van der Waals surface area contributed by atoms with Crippen LogP contribution in [0.4, 0.5) is 0 Å². The number of hydrogen-bond donors (Lipinski definition) is 2. The molecular formula is C18H15ClO5. The average Bonchev–Trinajstić information content (AvgIpc) is 2.55. The maximum atomic E-state index is 12.9. The van der Waals surface area contributed by atoms with Crippen molar-refractivity contribution in [1.82, 2.24) is 0 Å². The Kier molecular flexibility index (Phi) is 3.41. The molecule has 1 aromatic rings. The largest absolute Gasteiger partial charge is 0.508 e. The molecule has 0 bridgehead atoms. The van der Waals surface area contributed by atoms with Gasteiger partial charge in [-0.15, -0.1) is 0 Å². The molecule has 4 atom stereocenters. The minimum absolute atomic E-state index is 0.0259. The molecule has 0 spiro atoms. The summed E-state index contributed by atoms with van der Waals surface area (Å²) in [6, 6.07) is 4.57. The smallest absolute Gasteiger partial charge is 0.165 e. The van der Waals surface area contributed by atoms with Crippen LogP contribution >= 0.6 is 11.6 Å². The van der Waals surface area contributed by atoms with E-state index in [0.717, 1.165) is 0 Å². The van der Waals surface area contributed by atoms with Crippen LogP contribution in [0.5, 0.6) is 5.75 Å². The highest BCUT2D eigenvalue weighted by molar-refractivity contribution is 6.52. The van der Waals surface area contributed by atoms with E-state index < -0.39 is 23.9 Å². The number of benzene rings is 1. The molecule has 0 heterocycles. The molecule has 3 aliphatic carbocycles. The van der Waals surface area contributed by atoms with Crippen molar-refractivity contribution in [2.24, 2.45) is 17.8 Å². The highest BCUT2D eigenvalue weighted by Crippen LogP contribution is 2.52. The molecule has 2 fully saturated rings. The fourth-order valence-electron chi connectivity index (χ4n) is 4.27. The number of hydrogen-bond acceptors (Lipinski definition) is 5. The van der Waals surface area contributed by atoms with E-state index in [2.05, 4.69) is 0 Å². The number of rotatable bonds is 0. The normalized spacial score (nSPS) is 32.3. The minimum atomic E-state index is -1.31. The predicted octanol–water partition coefficient (Wildman–Crippen LogP) is 2.14. The van der Waals surface area contributed by atoms with Crippen LogP contribution in [0.3, 0.4) is 0 Å². The maximum absolute atomic E-state index is 12.9. The van der Waals surface area contributed by atoms with E-state index in [4.69, 9.17) is 11.6 Å². The first-order chi connectivity index (χ1) is 11.4. The number of carbonyl (C=O) groups excluding carboxylic acids is 3. The third-order valence-corrected chi connectivity index (χ3v) is 5.83. The number of carbonyl (C=O) groups is 3. The van der Waals surface area contributed by atoms with E-state index in [1.807, 2.05) is 0 Å². The number of phenolic OH excluding ortho intramolecular Hbond substituents is 1. The van der Waals surface area contributed by atoms with E-state index in [1.54, 1.807) is 12.1 Å². The molecule has 0 saturated heterocycles. The number of halogens is 1. The number of aliphatic hydroxyl groups excluding tert-OH is 1. The number of aliphatic hydroxyl groups is 1. The zero-order valence-electron chi connectivity index (χ0n) is 12.7. The number of ketones is 3. The molecule has 6 heteroatoms. The van der Waals surface area contributed by atoms with E-state index in [-0.39, 0.29) is 52.1 Å². The Morgan fingerprint density at radius 2 is 1.88 bits per heavy atom. The summed E-state index contributed by atoms with van der Waals surface area (Å²) in [5, 5.41) is 20.9. The van der Waals surface area contributed by atoms with Crippen molar-refractivity contribution in [3.05, 3.63) is 34.9 Å². The summed E-state index contributed by atoms with van der Waals surface area (Å²) in [6.45, 7) is 0. The molecule has 2 saturated carbocycles. The summed E-state index contributed by atoms with van der Waals surface area (Å²) < 4.78 is 0. The summed E-state index contributed by atoms with van der Waals surface area (Å²) in [5.74, 6) is -3.07. The summed E-state index contributed by atoms with van der Waals surface area (Å²) in [7, 11) is 0. The molecule has 124 valence electrons. The number of fused-ring (bicyclic) bond motifs is 3. The molecule has 0 aliphatic heterocycles. The van der Waals surface area contributed by atoms with Gasteiger partial charge >= 0.3 is 0 Å². The van der Waals surface area contributed by atoms with Gasteiger partial charge in [0.2, 0.25) is 0 Å². The van der Waals surface area contributed by atoms with Crippen molar-refractivity contribution in [3.8, 4) is 5.75 Å². The van der Waals surface area contributed by atoms with Crippen LogP contribution in [-0.4, -0.2) is 27.6 Å². The highest BCUT2D eigenvalue weighted by atomic mass is 35.5. The summed E-state index contributed by atoms with van der Waals surface area (Å²) in [4.78, 5) is 37.6. The number of Topliss-reactive ketones (excluding diaryl/α,β-unsaturated/α-hetero) is 3. The van der Waals surface area contributed by atoms with Gasteiger partial charge in [-0.2, -0.15) is 0 Å². The molecule has 0 radical (unpaired) electrons. The van der Waals surface area contributed by atoms with Crippen molar-refractivity contribution in [1.29, 1.82) is 0 Å². The fourth-order valence-corrected chi connectivity index (χ4v) is 4.65. The zero-order chi connectivity index (χ0) is 17.2. The highest BCUT2D eigenvalue weighted by Gasteiger charge is 2.54. The van der Waals surface area contributed by atoms with Crippen LogP contribution in [0.1, 0.15) is 36.5 Å². The Bertz CT molecular complexity index is 825. The second kappa shape index (κ2) is 5.26. The third kappa shape index (κ3) is 1.95. The van der Waals surface area contributed by atoms with E-state index in [1.165, 1.54) is 6.07 Å². The van der Waals surface area contributed by atoms with Crippen LogP contribution in [0.15, 0.2) is 23.8 Å². The standard InChI is InChI=1S/C18H15ClO5/c19-15-9-2-1-3-11(21)12(9)18(24)14-13(15)17(23)10-6-7(20)4-5-8(10)16(14)22/h1-3,8,10,14,18,21,24H,4-6H2. The Hall–Kier alpha value is -1.98. The fraction of sp³-hybridized carbons (Fsp3) is 0.389. The van der Waals surface area contributed by atoms with E-state index >= 15 is 0 Å². The zero-order valence-corrected chi connectivity index (χ0v) is 13.4. The quantitative estimate of drug-likeness (QED) is 0.751. The lowest BCUT2D eigenvalue weighted by atomic mass is 9.60. The van der Waals surface area contributed by atoms with Crippen LogP contribution in [-0.2, 0) is 14.4 Å². The molecule has 24 heavy (non-hydrogen) atoms. The van der Waals surface area contributed by atoms with Crippen molar-refractivity contribution < 1.29 is 24.6 Å². The molecular weight excluding hydrogens is 332 g/mol. The van der Waals surface area contributed by atoms with Gasteiger partial charge in [0.15, 0.2) is 5.78 Å². The first-order valence-corrected chi connectivity index (χ1v) is 8.29. The lowest BCUT2D eigenvalue weighted by molar-refractivity contribution is -0.145. The van der Waals surface area contributed by atoms with Crippen LogP contribution in [0.2, 0.25) is 0 Å². The molecule has 4 rings (SSSR count). The van der Waals surface area contributed by atoms with Crippen LogP contribution in [0.25, 0.3) is 5.03 Å². The second-order valence-corrected chi connectivity index (χ2v) is 7.03. The molecule has 0 amide bonds. The van der Waals surface area contributed by atoms with Gasteiger partial charge in [-0.25, -0.2) is 0 Å². The Morgan fingerprint density at radius 1 is 1.12 bits per heavy atom. The Morgan fingerprint density at radius 3 is 2.62 bits per heavy atom. The molecule has 0 aromatic heterocycles. The van der Waals surface area contributed by atoms with Gasteiger partial charge in [0.05, 0.1) is 17.1 Å². The van der Waals surface area contributed by atoms with Crippen LogP contribution in [0, 0.1) is 17.8 Å². The van der Waals surface area contributed by atoms with Gasteiger partial charge in [-0.3, -0.25) is 14.4 Å². The van der Waals surface area contributed by atoms with Gasteiger partial charge in [0.1, 0.15) is 17.3 Å². The van der Waals surface area contributed by atoms with Gasteiger partial charge in [-0.1, -0.05) is 23.7 Å². The lowest BCUT2D eigenvalue weighted by Gasteiger charge is -2.42. The van der Waals surface area contributed by atoms with Crippen LogP contribution < -0.4 is 0 Å². The van der Waals surface area contributed by atoms with Gasteiger partial charge in [0.25, 0.3) is 0 Å². The predicted molar refractivity (Wildman–Crippen MR) is 85.2 cm³/mol. The van der Waals surface area contributed by atoms with Gasteiger partial charge in [0, 0.05) is 41.4 Å². The molecule has 5 nitrogen and oxygen atoms in total. The van der Waals surface area contributed by atoms with Crippen molar-refractivity contribution >= 4 is 34.0 Å². The Balaban J connectivity index is 1.92. The van der Waals surface area contributed by atoms with Crippen molar-refractivity contribution in [2.75, 3.05) is 0 Å². The first-order valence-electron chi connectivity index (χ1n) is 7.91. The maximum Gasteiger partial charge on any atom is 0.165 e. The Labute approximate surface area is 142 Å². The molecule has 4 unspecified atom stereocenters. The second-order valence-electron chi connectivity index (χ2n) is 6.65. The summed E-state index contributed by atoms with van der Waals surface area (Å²) in [5.41, 5.74) is 0.628. The van der Waals surface area contributed by atoms with E-state index in [0.29, 0.717) is 12.0 Å². The van der Waals surface area contributed by atoms with Crippen molar-refractivity contribution in [3.63, 3.8) is 0 Å². The molecule has 3 aliphatic rings. The number of aromatic hydroxyl groups is 1. The monoisotopic (exact) mass is 346 g/mol. The lowest BCUT2D eigenvalue weighted by Crippen LogP contribution is -2.48. The van der Waals surface area contributed by atoms with Gasteiger partial charge < -0.3 is 10.2 Å². The third-order valence-electron chi connectivity index (χ3n) is 5.42. The average molecular weight is 347 g/mol. The summed E-state index contributed by atoms with van der Waals surface area (Å²) in [6.07, 6.45) is -0.653. The molecule has 1 aromatic carbocycles. The minimum Gasteiger partial charge on any atom is -0.508 e. The van der Waals surface area contributed by atoms with Crippen molar-refractivity contribution in [2.45, 2.75) is 25.4 Å². The topological polar surface area (TPSA) is 91.7 Å². The van der Waals surface area contributed by atoms with E-state index in [9.17, 15) is 24.6 Å². The number of phenols is 1. The van der Waals surface area contributed by atoms with Gasteiger partial charge in [-0.05, 0) is 12.5 Å².